The largest absolute Gasteiger partial charge is 0.490 e. The summed E-state index contributed by atoms with van der Waals surface area (Å²) in [7, 11) is -4.44. The summed E-state index contributed by atoms with van der Waals surface area (Å²) in [6.45, 7) is 18.3. The van der Waals surface area contributed by atoms with E-state index in [2.05, 4.69) is 87.4 Å². The first-order valence-electron chi connectivity index (χ1n) is 44.3. The fourth-order valence-electron chi connectivity index (χ4n) is 23.2. The van der Waals surface area contributed by atoms with Gasteiger partial charge >= 0.3 is 0 Å². The number of anilines is 2. The summed E-state index contributed by atoms with van der Waals surface area (Å²) in [6.07, 6.45) is 28.6. The molecular formula is C96H122Cl2N8O10S2. The minimum absolute atomic E-state index is 0.257. The number of sulfonamides is 2. The molecule has 0 unspecified atom stereocenters. The summed E-state index contributed by atoms with van der Waals surface area (Å²) in [5.41, 5.74) is 7.63. The van der Waals surface area contributed by atoms with Crippen molar-refractivity contribution >= 4 is 66.4 Å². The number of hydrogen-bond acceptors (Lipinski definition) is 16. The van der Waals surface area contributed by atoms with E-state index < -0.39 is 53.6 Å². The Labute approximate surface area is 711 Å². The van der Waals surface area contributed by atoms with Gasteiger partial charge in [0.15, 0.2) is 0 Å². The second-order valence-corrected chi connectivity index (χ2v) is 41.9. The van der Waals surface area contributed by atoms with Crippen LogP contribution in [0, 0.1) is 35.5 Å². The number of aryl methyl sites for hydroxylation is 2. The molecule has 2 saturated carbocycles. The number of methoxy groups -OCH3 is 2. The molecule has 12 aliphatic rings. The third-order valence-corrected chi connectivity index (χ3v) is 34.3. The lowest BCUT2D eigenvalue weighted by molar-refractivity contribution is -0.100. The highest BCUT2D eigenvalue weighted by Crippen LogP contribution is 2.53. The minimum Gasteiger partial charge on any atom is -0.490 e. The van der Waals surface area contributed by atoms with E-state index in [1.54, 1.807) is 12.1 Å². The van der Waals surface area contributed by atoms with E-state index in [4.69, 9.17) is 42.1 Å². The van der Waals surface area contributed by atoms with Crippen molar-refractivity contribution in [1.82, 2.24) is 29.0 Å². The number of carbonyl (C=O) groups excluding carboxylic acids is 2. The maximum atomic E-state index is 14.4. The summed E-state index contributed by atoms with van der Waals surface area (Å²) in [5.74, 6) is 0.842. The highest BCUT2D eigenvalue weighted by molar-refractivity contribution is 7.91. The molecule has 14 atom stereocenters. The van der Waals surface area contributed by atoms with Crippen LogP contribution in [-0.2, 0) is 66.0 Å². The molecule has 6 aromatic carbocycles. The Hall–Kier alpha value is -6.82. The normalized spacial score (nSPS) is 33.0. The van der Waals surface area contributed by atoms with Crippen molar-refractivity contribution in [1.29, 1.82) is 0 Å². The van der Waals surface area contributed by atoms with Crippen molar-refractivity contribution in [3.8, 4) is 11.5 Å². The first-order chi connectivity index (χ1) is 57.1. The average Bonchev–Trinajstić information content (AvgIpc) is 1.48. The fourth-order valence-corrected chi connectivity index (χ4v) is 27.0. The quantitative estimate of drug-likeness (QED) is 0.123. The van der Waals surface area contributed by atoms with E-state index in [0.29, 0.717) is 73.9 Å². The van der Waals surface area contributed by atoms with E-state index in [1.807, 2.05) is 125 Å². The van der Waals surface area contributed by atoms with Crippen LogP contribution in [0.3, 0.4) is 0 Å². The van der Waals surface area contributed by atoms with E-state index >= 15 is 0 Å². The molecule has 4 aliphatic carbocycles. The number of halogens is 2. The predicted octanol–water partition coefficient (Wildman–Crippen LogP) is 15.3. The van der Waals surface area contributed by atoms with Gasteiger partial charge < -0.3 is 28.7 Å². The number of nitrogens with one attached hydrogen (secondary N) is 2. The van der Waals surface area contributed by atoms with E-state index in [9.17, 15) is 26.4 Å². The van der Waals surface area contributed by atoms with Crippen molar-refractivity contribution in [3.05, 3.63) is 212 Å². The average molecular weight is 1680 g/mol. The molecule has 4 saturated heterocycles. The minimum atomic E-state index is -4.11. The maximum absolute atomic E-state index is 14.4. The summed E-state index contributed by atoms with van der Waals surface area (Å²) < 4.78 is 90.1. The number of nitrogens with zero attached hydrogens (tertiary/aromatic N) is 6. The smallest absolute Gasteiger partial charge is 0.264 e. The van der Waals surface area contributed by atoms with Crippen LogP contribution >= 0.6 is 23.2 Å². The number of rotatable bonds is 10. The maximum Gasteiger partial charge on any atom is 0.264 e. The van der Waals surface area contributed by atoms with Gasteiger partial charge in [-0.1, -0.05) is 147 Å². The van der Waals surface area contributed by atoms with Crippen LogP contribution in [0.1, 0.15) is 171 Å². The molecule has 22 heteroatoms. The second-order valence-electron chi connectivity index (χ2n) is 37.3. The lowest BCUT2D eigenvalue weighted by atomic mass is 9.63. The van der Waals surface area contributed by atoms with Gasteiger partial charge in [0, 0.05) is 137 Å². The molecule has 6 aromatic rings. The summed E-state index contributed by atoms with van der Waals surface area (Å²) in [4.78, 5) is 43.8. The van der Waals surface area contributed by atoms with Crippen LogP contribution in [-0.4, -0.2) is 201 Å². The molecule has 8 aliphatic heterocycles. The van der Waals surface area contributed by atoms with Crippen molar-refractivity contribution < 1.29 is 45.4 Å². The van der Waals surface area contributed by atoms with Crippen molar-refractivity contribution in [2.75, 3.05) is 129 Å². The third-order valence-electron chi connectivity index (χ3n) is 30.1. The molecule has 0 aromatic heterocycles. The van der Waals surface area contributed by atoms with E-state index in [0.717, 1.165) is 187 Å². The Morgan fingerprint density at radius 2 is 0.915 bits per heavy atom. The van der Waals surface area contributed by atoms with E-state index in [1.165, 1.54) is 73.9 Å². The molecule has 632 valence electrons. The molecule has 118 heavy (non-hydrogen) atoms. The van der Waals surface area contributed by atoms with Crippen molar-refractivity contribution in [3.63, 3.8) is 0 Å². The highest BCUT2D eigenvalue weighted by atomic mass is 35.5. The molecule has 2 amide bonds. The van der Waals surface area contributed by atoms with E-state index in [-0.39, 0.29) is 34.5 Å². The number of ether oxygens (including phenoxy) is 4. The topological polar surface area (TPSA) is 183 Å². The zero-order chi connectivity index (χ0) is 81.6. The van der Waals surface area contributed by atoms with Gasteiger partial charge in [-0.3, -0.25) is 29.2 Å². The zero-order valence-electron chi connectivity index (χ0n) is 69.6. The Morgan fingerprint density at radius 1 is 0.483 bits per heavy atom. The Bertz CT molecular complexity index is 4610. The van der Waals surface area contributed by atoms with Gasteiger partial charge in [0.1, 0.15) is 22.7 Å². The van der Waals surface area contributed by atoms with Gasteiger partial charge in [0.2, 0.25) is 20.0 Å². The number of piperidine rings is 2. The summed E-state index contributed by atoms with van der Waals surface area (Å²) >= 11 is 13.1. The van der Waals surface area contributed by atoms with Gasteiger partial charge in [-0.2, -0.15) is 0 Å². The summed E-state index contributed by atoms with van der Waals surface area (Å²) in [5, 5.41) is -0.166. The first-order valence-corrected chi connectivity index (χ1v) is 48.1. The molecule has 18 rings (SSSR count). The Morgan fingerprint density at radius 3 is 1.32 bits per heavy atom. The van der Waals surface area contributed by atoms with Gasteiger partial charge in [0.25, 0.3) is 11.8 Å². The zero-order valence-corrected chi connectivity index (χ0v) is 72.7. The monoisotopic (exact) mass is 1680 g/mol. The second kappa shape index (κ2) is 35.2. The first kappa shape index (κ1) is 83.4. The number of benzene rings is 6. The molecule has 6 fully saturated rings. The molecule has 2 N–H and O–H groups in total. The van der Waals surface area contributed by atoms with Crippen LogP contribution in [0.5, 0.6) is 11.5 Å². The Balaban J connectivity index is 0.000000169. The highest BCUT2D eigenvalue weighted by Gasteiger charge is 2.54. The molecule has 8 heterocycles. The van der Waals surface area contributed by atoms with Gasteiger partial charge in [-0.05, 0) is 258 Å². The number of carbonyl (C=O) groups is 2. The number of piperazine rings is 2. The number of amides is 2. The van der Waals surface area contributed by atoms with Gasteiger partial charge in [0.05, 0.1) is 35.1 Å². The molecule has 0 radical (unpaired) electrons. The van der Waals surface area contributed by atoms with Gasteiger partial charge in [-0.15, -0.1) is 0 Å². The van der Waals surface area contributed by atoms with Crippen molar-refractivity contribution in [2.24, 2.45) is 35.5 Å². The van der Waals surface area contributed by atoms with Crippen LogP contribution in [0.15, 0.2) is 158 Å². The van der Waals surface area contributed by atoms with Crippen molar-refractivity contribution in [2.45, 2.75) is 187 Å². The molecule has 4 bridgehead atoms. The third kappa shape index (κ3) is 17.4. The number of hydrogen-bond donors (Lipinski definition) is 2. The molecule has 18 nitrogen and oxygen atoms in total. The summed E-state index contributed by atoms with van der Waals surface area (Å²) in [6, 6.07) is 44.2. The van der Waals surface area contributed by atoms with Crippen LogP contribution < -0.4 is 28.7 Å². The lowest BCUT2D eigenvalue weighted by Gasteiger charge is -2.53. The Kier molecular flexibility index (Phi) is 24.9. The van der Waals surface area contributed by atoms with Crippen LogP contribution in [0.4, 0.5) is 11.4 Å². The van der Waals surface area contributed by atoms with Crippen LogP contribution in [0.25, 0.3) is 0 Å². The number of allylic oxidation sites excluding steroid dienone is 2. The standard InChI is InChI=1S/2C48H61ClN4O5S/c2*1-34-10-8-22-48(57-2,32-51-24-25-52-23-7-6-14-40(52)30-51)42-18-15-38(42)29-53-31-47(21-9-13-36-27-39(49)17-19-41(36)47)33-58-44-20-16-37(28-43(44)53)46(54)50-59(55,56)45(34)26-35-11-4-3-5-12-35/h2*3-5,8,11-12,16-17,19-20,22,27-28,34,38,40,42,45H,6-7,9-10,13-15,18,21,23-26,29-33H2,1-2H3,(H,50,54)/b2*22-8+/t34-,38-,40+,42+,45+,47-,48+;34-,38-,40+,42+,45-,47-,48+/m00/s1. The molecule has 2 spiro atoms. The SMILES string of the molecule is CO[C@@]1(CN2CCN3CCCC[C@@H]3C2)/C=C/C[C@H](C)[C@@H](Cc2ccccc2)S(=O)(=O)NC(=O)c2ccc3c(c2)N(C[C@@H]2CC[C@H]21)C[C@@]1(CCCc2cc(Cl)ccc21)CO3.CO[C@@]1(CN2CCN3CCCC[C@@H]3C2)/C=C/C[C@H](C)[C@H](Cc2ccccc2)S(=O)(=O)NC(=O)c2ccc3c(c2)N(C[C@@H]2CC[C@H]21)C[C@@]1(CCCc2cc(Cl)ccc21)CO3. The lowest BCUT2D eigenvalue weighted by Crippen LogP contribution is -2.61. The van der Waals surface area contributed by atoms with Crippen LogP contribution in [0.2, 0.25) is 10.0 Å². The fraction of sp³-hybridized carbons (Fsp3) is 0.562. The number of fused-ring (bicyclic) bond motifs is 10. The molecular weight excluding hydrogens is 1560 g/mol. The predicted molar refractivity (Wildman–Crippen MR) is 470 cm³/mol. The van der Waals surface area contributed by atoms with Gasteiger partial charge in [-0.25, -0.2) is 26.3 Å².